The van der Waals surface area contributed by atoms with Crippen LogP contribution in [-0.4, -0.2) is 37.1 Å². The zero-order chi connectivity index (χ0) is 18.4. The van der Waals surface area contributed by atoms with E-state index in [9.17, 15) is 9.59 Å². The molecule has 1 aromatic carbocycles. The molecule has 142 valence electrons. The molecule has 1 fully saturated rings. The lowest BCUT2D eigenvalue weighted by molar-refractivity contribution is -0.128. The fourth-order valence-corrected chi connectivity index (χ4v) is 3.59. The molecule has 2 aliphatic rings. The van der Waals surface area contributed by atoms with Gasteiger partial charge in [0.15, 0.2) is 11.5 Å². The molecule has 0 atom stereocenters. The highest BCUT2D eigenvalue weighted by Crippen LogP contribution is 2.32. The fraction of sp³-hybridized carbons (Fsp3) is 0.600. The molecule has 1 aliphatic carbocycles. The number of nitrogens with one attached hydrogen (secondary N) is 2. The van der Waals surface area contributed by atoms with Gasteiger partial charge in [0.2, 0.25) is 5.91 Å². The first-order valence-corrected chi connectivity index (χ1v) is 9.65. The summed E-state index contributed by atoms with van der Waals surface area (Å²) in [5.74, 6) is 0.928. The number of carbonyl (C=O) groups excluding carboxylic acids is 2. The Hall–Kier alpha value is -2.24. The maximum absolute atomic E-state index is 12.9. The van der Waals surface area contributed by atoms with Gasteiger partial charge in [-0.2, -0.15) is 0 Å². The number of amides is 2. The van der Waals surface area contributed by atoms with E-state index in [1.54, 1.807) is 18.2 Å². The summed E-state index contributed by atoms with van der Waals surface area (Å²) >= 11 is 0. The van der Waals surface area contributed by atoms with Crippen LogP contribution in [0.2, 0.25) is 0 Å². The molecule has 0 bridgehead atoms. The number of fused-ring (bicyclic) bond motifs is 1. The first-order valence-electron chi connectivity index (χ1n) is 9.65. The third-order valence-electron chi connectivity index (χ3n) is 5.11. The Bertz CT molecular complexity index is 653. The van der Waals surface area contributed by atoms with Crippen molar-refractivity contribution in [3.8, 4) is 11.5 Å². The van der Waals surface area contributed by atoms with E-state index >= 15 is 0 Å². The van der Waals surface area contributed by atoms with Gasteiger partial charge >= 0.3 is 0 Å². The maximum Gasteiger partial charge on any atom is 0.252 e. The standard InChI is InChI=1S/C20H28N2O4/c1-2-3-11-21-19(24)20(9-5-4-6-10-20)22-18(23)15-7-8-16-17(14-15)26-13-12-25-16/h7-8,14H,2-6,9-13H2,1H3,(H,21,24)(H,22,23). The summed E-state index contributed by atoms with van der Waals surface area (Å²) < 4.78 is 11.1. The van der Waals surface area contributed by atoms with Gasteiger partial charge in [0.05, 0.1) is 0 Å². The summed E-state index contributed by atoms with van der Waals surface area (Å²) in [5.41, 5.74) is -0.323. The minimum absolute atomic E-state index is 0.0588. The zero-order valence-corrected chi connectivity index (χ0v) is 15.4. The van der Waals surface area contributed by atoms with Crippen LogP contribution in [-0.2, 0) is 4.79 Å². The van der Waals surface area contributed by atoms with E-state index < -0.39 is 5.54 Å². The van der Waals surface area contributed by atoms with Crippen molar-refractivity contribution in [1.29, 1.82) is 0 Å². The average Bonchev–Trinajstić information content (AvgIpc) is 2.68. The monoisotopic (exact) mass is 360 g/mol. The molecule has 0 unspecified atom stereocenters. The summed E-state index contributed by atoms with van der Waals surface area (Å²) in [6.45, 7) is 3.73. The summed E-state index contributed by atoms with van der Waals surface area (Å²) in [5, 5.41) is 6.04. The minimum Gasteiger partial charge on any atom is -0.486 e. The minimum atomic E-state index is -0.809. The van der Waals surface area contributed by atoms with Gasteiger partial charge in [-0.15, -0.1) is 0 Å². The number of unbranched alkanes of at least 4 members (excludes halogenated alkanes) is 1. The molecule has 1 aromatic rings. The summed E-state index contributed by atoms with van der Waals surface area (Å²) in [6, 6.07) is 5.15. The Morgan fingerprint density at radius 2 is 1.81 bits per heavy atom. The van der Waals surface area contributed by atoms with Crippen LogP contribution in [0.25, 0.3) is 0 Å². The molecule has 1 aliphatic heterocycles. The predicted molar refractivity (Wildman–Crippen MR) is 98.6 cm³/mol. The second-order valence-corrected chi connectivity index (χ2v) is 7.06. The van der Waals surface area contributed by atoms with E-state index in [-0.39, 0.29) is 11.8 Å². The van der Waals surface area contributed by atoms with Crippen molar-refractivity contribution in [3.05, 3.63) is 23.8 Å². The van der Waals surface area contributed by atoms with Crippen molar-refractivity contribution in [1.82, 2.24) is 10.6 Å². The molecule has 0 spiro atoms. The van der Waals surface area contributed by atoms with Gasteiger partial charge < -0.3 is 20.1 Å². The molecular weight excluding hydrogens is 332 g/mol. The van der Waals surface area contributed by atoms with Crippen LogP contribution in [0.1, 0.15) is 62.2 Å². The highest BCUT2D eigenvalue weighted by Gasteiger charge is 2.40. The third kappa shape index (κ3) is 4.11. The molecule has 0 radical (unpaired) electrons. The number of hydrogen-bond acceptors (Lipinski definition) is 4. The summed E-state index contributed by atoms with van der Waals surface area (Å²) in [7, 11) is 0. The third-order valence-corrected chi connectivity index (χ3v) is 5.11. The van der Waals surface area contributed by atoms with Gasteiger partial charge in [-0.25, -0.2) is 0 Å². The Kier molecular flexibility index (Phi) is 6.01. The maximum atomic E-state index is 12.9. The number of benzene rings is 1. The second kappa shape index (κ2) is 8.43. The van der Waals surface area contributed by atoms with Gasteiger partial charge in [0.25, 0.3) is 5.91 Å². The fourth-order valence-electron chi connectivity index (χ4n) is 3.59. The van der Waals surface area contributed by atoms with Crippen molar-refractivity contribution < 1.29 is 19.1 Å². The second-order valence-electron chi connectivity index (χ2n) is 7.06. The van der Waals surface area contributed by atoms with Crippen molar-refractivity contribution in [3.63, 3.8) is 0 Å². The van der Waals surface area contributed by atoms with Gasteiger partial charge in [0.1, 0.15) is 18.8 Å². The van der Waals surface area contributed by atoms with E-state index in [2.05, 4.69) is 17.6 Å². The lowest BCUT2D eigenvalue weighted by Crippen LogP contribution is -2.59. The average molecular weight is 360 g/mol. The normalized spacial score (nSPS) is 18.0. The lowest BCUT2D eigenvalue weighted by Gasteiger charge is -2.36. The van der Waals surface area contributed by atoms with E-state index in [0.717, 1.165) is 32.1 Å². The van der Waals surface area contributed by atoms with E-state index in [4.69, 9.17) is 9.47 Å². The number of hydrogen-bond donors (Lipinski definition) is 2. The number of rotatable bonds is 6. The van der Waals surface area contributed by atoms with Crippen molar-refractivity contribution in [2.45, 2.75) is 57.4 Å². The van der Waals surface area contributed by atoms with Crippen LogP contribution in [0, 0.1) is 0 Å². The van der Waals surface area contributed by atoms with E-state index in [1.807, 2.05) is 0 Å². The van der Waals surface area contributed by atoms with E-state index in [1.165, 1.54) is 0 Å². The number of carbonyl (C=O) groups is 2. The Balaban J connectivity index is 1.73. The van der Waals surface area contributed by atoms with Gasteiger partial charge in [-0.1, -0.05) is 32.6 Å². The van der Waals surface area contributed by atoms with Gasteiger partial charge in [-0.05, 0) is 37.5 Å². The van der Waals surface area contributed by atoms with Crippen molar-refractivity contribution in [2.75, 3.05) is 19.8 Å². The van der Waals surface area contributed by atoms with Crippen LogP contribution < -0.4 is 20.1 Å². The Morgan fingerprint density at radius 3 is 2.54 bits per heavy atom. The van der Waals surface area contributed by atoms with E-state index in [0.29, 0.717) is 49.7 Å². The molecule has 2 N–H and O–H groups in total. The molecule has 6 heteroatoms. The molecule has 0 aromatic heterocycles. The van der Waals surface area contributed by atoms with Crippen molar-refractivity contribution in [2.24, 2.45) is 0 Å². The number of ether oxygens (including phenoxy) is 2. The molecule has 1 saturated carbocycles. The molecule has 1 heterocycles. The van der Waals surface area contributed by atoms with Crippen LogP contribution in [0.3, 0.4) is 0 Å². The van der Waals surface area contributed by atoms with Gasteiger partial charge in [0, 0.05) is 12.1 Å². The topological polar surface area (TPSA) is 76.7 Å². The smallest absolute Gasteiger partial charge is 0.252 e. The zero-order valence-electron chi connectivity index (χ0n) is 15.4. The summed E-state index contributed by atoms with van der Waals surface area (Å²) in [6.07, 6.45) is 6.33. The van der Waals surface area contributed by atoms with Crippen LogP contribution in [0.4, 0.5) is 0 Å². The molecule has 6 nitrogen and oxygen atoms in total. The largest absolute Gasteiger partial charge is 0.486 e. The lowest BCUT2D eigenvalue weighted by atomic mass is 9.80. The Morgan fingerprint density at radius 1 is 1.08 bits per heavy atom. The highest BCUT2D eigenvalue weighted by molar-refractivity contribution is 5.99. The van der Waals surface area contributed by atoms with Crippen LogP contribution in [0.15, 0.2) is 18.2 Å². The highest BCUT2D eigenvalue weighted by atomic mass is 16.6. The Labute approximate surface area is 154 Å². The molecule has 0 saturated heterocycles. The molecule has 3 rings (SSSR count). The van der Waals surface area contributed by atoms with Crippen molar-refractivity contribution >= 4 is 11.8 Å². The first-order chi connectivity index (χ1) is 12.6. The van der Waals surface area contributed by atoms with Crippen LogP contribution in [0.5, 0.6) is 11.5 Å². The first kappa shape index (κ1) is 18.5. The predicted octanol–water partition coefficient (Wildman–Crippen LogP) is 2.81. The molecular formula is C20H28N2O4. The summed E-state index contributed by atoms with van der Waals surface area (Å²) in [4.78, 5) is 25.7. The molecule has 2 amide bonds. The molecule has 26 heavy (non-hydrogen) atoms. The quantitative estimate of drug-likeness (QED) is 0.765. The SMILES string of the molecule is CCCCNC(=O)C1(NC(=O)c2ccc3c(c2)OCCO3)CCCCC1. The van der Waals surface area contributed by atoms with Crippen LogP contribution >= 0.6 is 0 Å². The van der Waals surface area contributed by atoms with Gasteiger partial charge in [-0.3, -0.25) is 9.59 Å².